The molecular weight excluding hydrogens is 292 g/mol. The smallest absolute Gasteiger partial charge is 0.248 e. The van der Waals surface area contributed by atoms with Gasteiger partial charge in [0.25, 0.3) is 0 Å². The van der Waals surface area contributed by atoms with E-state index in [0.717, 1.165) is 22.4 Å². The van der Waals surface area contributed by atoms with Gasteiger partial charge >= 0.3 is 0 Å². The lowest BCUT2D eigenvalue weighted by atomic mass is 10.1. The lowest BCUT2D eigenvalue weighted by Crippen LogP contribution is -2.21. The van der Waals surface area contributed by atoms with Crippen molar-refractivity contribution in [3.63, 3.8) is 0 Å². The van der Waals surface area contributed by atoms with Gasteiger partial charge in [-0.05, 0) is 42.8 Å². The molecule has 0 spiro atoms. The topological polar surface area (TPSA) is 85.6 Å². The Hall–Kier alpha value is -3.09. The lowest BCUT2D eigenvalue weighted by Gasteiger charge is -2.08. The molecule has 2 aromatic heterocycles. The quantitative estimate of drug-likeness (QED) is 0.796. The molecular formula is C16H16N6O. The van der Waals surface area contributed by atoms with E-state index >= 15 is 0 Å². The third kappa shape index (κ3) is 3.57. The summed E-state index contributed by atoms with van der Waals surface area (Å²) in [6, 6.07) is 9.49. The van der Waals surface area contributed by atoms with Crippen LogP contribution in [-0.4, -0.2) is 31.1 Å². The summed E-state index contributed by atoms with van der Waals surface area (Å²) in [6.07, 6.45) is 3.32. The number of hydrogen-bond acceptors (Lipinski definition) is 5. The van der Waals surface area contributed by atoms with E-state index in [2.05, 4.69) is 25.7 Å². The van der Waals surface area contributed by atoms with E-state index in [0.29, 0.717) is 5.82 Å². The van der Waals surface area contributed by atoms with Gasteiger partial charge in [0.2, 0.25) is 11.7 Å². The molecule has 0 aliphatic heterocycles. The first kappa shape index (κ1) is 14.8. The molecule has 0 aliphatic rings. The van der Waals surface area contributed by atoms with E-state index < -0.39 is 0 Å². The summed E-state index contributed by atoms with van der Waals surface area (Å²) in [5, 5.41) is 14.9. The molecule has 116 valence electrons. The Morgan fingerprint density at radius 1 is 1.26 bits per heavy atom. The number of rotatable bonds is 4. The van der Waals surface area contributed by atoms with Crippen LogP contribution in [0.4, 0.5) is 5.69 Å². The number of benzene rings is 1. The van der Waals surface area contributed by atoms with Gasteiger partial charge in [0, 0.05) is 23.6 Å². The normalized spacial score (nSPS) is 10.5. The van der Waals surface area contributed by atoms with Crippen molar-refractivity contribution in [3.05, 3.63) is 53.9 Å². The number of pyridine rings is 1. The molecule has 2 heterocycles. The zero-order valence-electron chi connectivity index (χ0n) is 12.9. The molecule has 23 heavy (non-hydrogen) atoms. The molecule has 7 heteroatoms. The van der Waals surface area contributed by atoms with Crippen molar-refractivity contribution in [2.75, 3.05) is 5.32 Å². The number of nitrogens with zero attached hydrogens (tertiary/aromatic N) is 5. The van der Waals surface area contributed by atoms with Crippen LogP contribution in [0.25, 0.3) is 11.4 Å². The van der Waals surface area contributed by atoms with Crippen molar-refractivity contribution in [3.8, 4) is 11.4 Å². The fraction of sp³-hybridized carbons (Fsp3) is 0.188. The number of aromatic nitrogens is 5. The van der Waals surface area contributed by atoms with Gasteiger partial charge in [-0.1, -0.05) is 17.7 Å². The number of anilines is 1. The van der Waals surface area contributed by atoms with Gasteiger partial charge in [0.05, 0.1) is 0 Å². The molecule has 7 nitrogen and oxygen atoms in total. The fourth-order valence-electron chi connectivity index (χ4n) is 2.19. The number of aryl methyl sites for hydroxylation is 2. The highest BCUT2D eigenvalue weighted by Crippen LogP contribution is 2.16. The summed E-state index contributed by atoms with van der Waals surface area (Å²) in [5.41, 5.74) is 3.71. The standard InChI is InChI=1S/C16H16N6O/c1-11-5-6-14(12(2)8-11)18-15(23)10-22-20-16(19-21-22)13-4-3-7-17-9-13/h3-9H,10H2,1-2H3,(H,18,23). The van der Waals surface area contributed by atoms with Crippen LogP contribution >= 0.6 is 0 Å². The summed E-state index contributed by atoms with van der Waals surface area (Å²) in [5.74, 6) is 0.240. The third-order valence-electron chi connectivity index (χ3n) is 3.31. The average molecular weight is 308 g/mol. The molecule has 0 saturated heterocycles. The second-order valence-corrected chi connectivity index (χ2v) is 5.25. The maximum atomic E-state index is 12.1. The van der Waals surface area contributed by atoms with Crippen molar-refractivity contribution in [1.82, 2.24) is 25.2 Å². The van der Waals surface area contributed by atoms with Gasteiger partial charge in [0.15, 0.2) is 0 Å². The first-order valence-corrected chi connectivity index (χ1v) is 7.17. The Balaban J connectivity index is 1.68. The number of carbonyl (C=O) groups is 1. The molecule has 3 rings (SSSR count). The van der Waals surface area contributed by atoms with E-state index in [4.69, 9.17) is 0 Å². The number of hydrogen-bond donors (Lipinski definition) is 1. The maximum absolute atomic E-state index is 12.1. The molecule has 0 bridgehead atoms. The van der Waals surface area contributed by atoms with Crippen molar-refractivity contribution in [2.24, 2.45) is 0 Å². The summed E-state index contributed by atoms with van der Waals surface area (Å²) < 4.78 is 0. The molecule has 0 saturated carbocycles. The average Bonchev–Trinajstić information content (AvgIpc) is 2.99. The number of carbonyl (C=O) groups excluding carboxylic acids is 1. The molecule has 0 aliphatic carbocycles. The molecule has 0 fully saturated rings. The van der Waals surface area contributed by atoms with E-state index in [1.807, 2.05) is 38.1 Å². The fourth-order valence-corrected chi connectivity index (χ4v) is 2.19. The third-order valence-corrected chi connectivity index (χ3v) is 3.31. The van der Waals surface area contributed by atoms with Crippen LogP contribution in [0.5, 0.6) is 0 Å². The van der Waals surface area contributed by atoms with E-state index in [1.165, 1.54) is 4.80 Å². The van der Waals surface area contributed by atoms with Crippen molar-refractivity contribution >= 4 is 11.6 Å². The summed E-state index contributed by atoms with van der Waals surface area (Å²) in [7, 11) is 0. The second-order valence-electron chi connectivity index (χ2n) is 5.25. The Kier molecular flexibility index (Phi) is 4.09. The molecule has 1 amide bonds. The van der Waals surface area contributed by atoms with Crippen LogP contribution in [0.15, 0.2) is 42.7 Å². The van der Waals surface area contributed by atoms with Crippen LogP contribution in [0.2, 0.25) is 0 Å². The van der Waals surface area contributed by atoms with Gasteiger partial charge < -0.3 is 5.32 Å². The highest BCUT2D eigenvalue weighted by Gasteiger charge is 2.10. The summed E-state index contributed by atoms with van der Waals surface area (Å²) >= 11 is 0. The highest BCUT2D eigenvalue weighted by atomic mass is 16.2. The molecule has 1 aromatic carbocycles. The summed E-state index contributed by atoms with van der Waals surface area (Å²) in [6.45, 7) is 3.97. The van der Waals surface area contributed by atoms with Crippen molar-refractivity contribution in [2.45, 2.75) is 20.4 Å². The van der Waals surface area contributed by atoms with Crippen LogP contribution in [-0.2, 0) is 11.3 Å². The SMILES string of the molecule is Cc1ccc(NC(=O)Cn2nnc(-c3cccnc3)n2)c(C)c1. The second kappa shape index (κ2) is 6.35. The van der Waals surface area contributed by atoms with Gasteiger partial charge in [-0.2, -0.15) is 4.80 Å². The van der Waals surface area contributed by atoms with E-state index in [1.54, 1.807) is 18.5 Å². The predicted molar refractivity (Wildman–Crippen MR) is 85.6 cm³/mol. The number of tetrazole rings is 1. The largest absolute Gasteiger partial charge is 0.324 e. The van der Waals surface area contributed by atoms with Crippen LogP contribution < -0.4 is 5.32 Å². The predicted octanol–water partition coefficient (Wildman–Crippen LogP) is 1.99. The minimum atomic E-state index is -0.202. The molecule has 0 radical (unpaired) electrons. The zero-order chi connectivity index (χ0) is 16.2. The summed E-state index contributed by atoms with van der Waals surface area (Å²) in [4.78, 5) is 17.4. The molecule has 0 atom stereocenters. The Morgan fingerprint density at radius 3 is 2.87 bits per heavy atom. The number of nitrogens with one attached hydrogen (secondary N) is 1. The monoisotopic (exact) mass is 308 g/mol. The minimum absolute atomic E-state index is 0.000574. The Bertz CT molecular complexity index is 828. The molecule has 3 aromatic rings. The van der Waals surface area contributed by atoms with Gasteiger partial charge in [-0.15, -0.1) is 10.2 Å². The van der Waals surface area contributed by atoms with Crippen molar-refractivity contribution < 1.29 is 4.79 Å². The highest BCUT2D eigenvalue weighted by molar-refractivity contribution is 5.91. The Morgan fingerprint density at radius 2 is 2.13 bits per heavy atom. The van der Waals surface area contributed by atoms with Gasteiger partial charge in [0.1, 0.15) is 6.54 Å². The first-order valence-electron chi connectivity index (χ1n) is 7.17. The lowest BCUT2D eigenvalue weighted by molar-refractivity contribution is -0.117. The maximum Gasteiger partial charge on any atom is 0.248 e. The first-order chi connectivity index (χ1) is 11.1. The van der Waals surface area contributed by atoms with Gasteiger partial charge in [-0.25, -0.2) is 0 Å². The molecule has 0 unspecified atom stereocenters. The van der Waals surface area contributed by atoms with Crippen LogP contribution in [0.3, 0.4) is 0 Å². The van der Waals surface area contributed by atoms with Crippen LogP contribution in [0, 0.1) is 13.8 Å². The Labute approximate surface area is 133 Å². The zero-order valence-corrected chi connectivity index (χ0v) is 12.9. The number of amides is 1. The minimum Gasteiger partial charge on any atom is -0.324 e. The van der Waals surface area contributed by atoms with E-state index in [-0.39, 0.29) is 12.5 Å². The van der Waals surface area contributed by atoms with Crippen molar-refractivity contribution in [1.29, 1.82) is 0 Å². The van der Waals surface area contributed by atoms with Crippen LogP contribution in [0.1, 0.15) is 11.1 Å². The molecule has 1 N–H and O–H groups in total. The van der Waals surface area contributed by atoms with E-state index in [9.17, 15) is 4.79 Å². The van der Waals surface area contributed by atoms with Gasteiger partial charge in [-0.3, -0.25) is 9.78 Å².